The second-order valence-electron chi connectivity index (χ2n) is 7.54. The number of carbonyl (C=O) groups excluding carboxylic acids is 1. The molecular formula is C22H26N2O6S. The zero-order valence-electron chi connectivity index (χ0n) is 17.7. The first kappa shape index (κ1) is 21.6. The minimum Gasteiger partial charge on any atom is -0.454 e. The Kier molecular flexibility index (Phi) is 6.17. The minimum absolute atomic E-state index is 0.192. The summed E-state index contributed by atoms with van der Waals surface area (Å²) in [7, 11) is -2.01. The number of hydrogen-bond donors (Lipinski definition) is 0. The van der Waals surface area contributed by atoms with Gasteiger partial charge in [0.15, 0.2) is 11.5 Å². The van der Waals surface area contributed by atoms with Crippen molar-refractivity contribution in [2.75, 3.05) is 40.1 Å². The number of rotatable bonds is 6. The number of benzene rings is 2. The molecule has 0 saturated carbocycles. The van der Waals surface area contributed by atoms with E-state index in [0.29, 0.717) is 61.9 Å². The van der Waals surface area contributed by atoms with Gasteiger partial charge in [-0.05, 0) is 41.8 Å². The summed E-state index contributed by atoms with van der Waals surface area (Å²) in [4.78, 5) is 14.8. The SMILES string of the molecule is CCc1ccc(C(=O)N(C)Cc2ccc3c(c2)OCO3)cc1S(=O)(=O)N1CCOCC1. The number of nitrogens with zero attached hydrogens (tertiary/aromatic N) is 2. The second kappa shape index (κ2) is 8.86. The van der Waals surface area contributed by atoms with Gasteiger partial charge in [-0.2, -0.15) is 4.31 Å². The molecule has 0 bridgehead atoms. The maximum absolute atomic E-state index is 13.2. The predicted molar refractivity (Wildman–Crippen MR) is 114 cm³/mol. The third-order valence-corrected chi connectivity index (χ3v) is 7.47. The van der Waals surface area contributed by atoms with Crippen LogP contribution in [0.4, 0.5) is 0 Å². The van der Waals surface area contributed by atoms with Crippen LogP contribution in [0.15, 0.2) is 41.3 Å². The fourth-order valence-corrected chi connectivity index (χ4v) is 5.48. The minimum atomic E-state index is -3.70. The van der Waals surface area contributed by atoms with Crippen LogP contribution in [-0.2, 0) is 27.7 Å². The van der Waals surface area contributed by atoms with Gasteiger partial charge in [-0.25, -0.2) is 8.42 Å². The van der Waals surface area contributed by atoms with E-state index >= 15 is 0 Å². The van der Waals surface area contributed by atoms with Crippen molar-refractivity contribution in [3.63, 3.8) is 0 Å². The standard InChI is InChI=1S/C22H26N2O6S/c1-3-17-5-6-18(13-21(17)31(26,27)24-8-10-28-11-9-24)22(25)23(2)14-16-4-7-19-20(12-16)30-15-29-19/h4-7,12-13H,3,8-11,14-15H2,1-2H3. The van der Waals surface area contributed by atoms with Crippen molar-refractivity contribution in [1.29, 1.82) is 0 Å². The molecule has 2 heterocycles. The first-order valence-electron chi connectivity index (χ1n) is 10.2. The molecule has 1 saturated heterocycles. The van der Waals surface area contributed by atoms with E-state index in [1.54, 1.807) is 24.1 Å². The summed E-state index contributed by atoms with van der Waals surface area (Å²) in [5.41, 5.74) is 1.93. The van der Waals surface area contributed by atoms with Crippen LogP contribution in [0.25, 0.3) is 0 Å². The molecular weight excluding hydrogens is 420 g/mol. The molecule has 166 valence electrons. The van der Waals surface area contributed by atoms with Crippen LogP contribution in [0.3, 0.4) is 0 Å². The Morgan fingerprint density at radius 3 is 2.55 bits per heavy atom. The molecule has 0 radical (unpaired) electrons. The third-order valence-electron chi connectivity index (χ3n) is 5.49. The number of ether oxygens (including phenoxy) is 3. The van der Waals surface area contributed by atoms with E-state index < -0.39 is 10.0 Å². The Bertz CT molecular complexity index is 1080. The van der Waals surface area contributed by atoms with Gasteiger partial charge in [0.25, 0.3) is 5.91 Å². The summed E-state index contributed by atoms with van der Waals surface area (Å²) >= 11 is 0. The number of amides is 1. The van der Waals surface area contributed by atoms with Gasteiger partial charge in [0.2, 0.25) is 16.8 Å². The smallest absolute Gasteiger partial charge is 0.253 e. The van der Waals surface area contributed by atoms with Crippen molar-refractivity contribution < 1.29 is 27.4 Å². The number of aryl methyl sites for hydroxylation is 1. The van der Waals surface area contributed by atoms with E-state index in [-0.39, 0.29) is 17.6 Å². The molecule has 0 N–H and O–H groups in total. The third kappa shape index (κ3) is 4.39. The lowest BCUT2D eigenvalue weighted by Crippen LogP contribution is -2.41. The van der Waals surface area contributed by atoms with Crippen molar-refractivity contribution in [2.24, 2.45) is 0 Å². The van der Waals surface area contributed by atoms with Crippen molar-refractivity contribution in [3.05, 3.63) is 53.1 Å². The van der Waals surface area contributed by atoms with Crippen molar-refractivity contribution in [3.8, 4) is 11.5 Å². The summed E-state index contributed by atoms with van der Waals surface area (Å²) in [6, 6.07) is 10.5. The molecule has 2 aromatic rings. The van der Waals surface area contributed by atoms with Gasteiger partial charge in [0.1, 0.15) is 0 Å². The highest BCUT2D eigenvalue weighted by Crippen LogP contribution is 2.33. The van der Waals surface area contributed by atoms with Crippen LogP contribution >= 0.6 is 0 Å². The predicted octanol–water partition coefficient (Wildman–Crippen LogP) is 2.27. The number of morpholine rings is 1. The van der Waals surface area contributed by atoms with Crippen LogP contribution in [0.1, 0.15) is 28.4 Å². The highest BCUT2D eigenvalue weighted by molar-refractivity contribution is 7.89. The lowest BCUT2D eigenvalue weighted by molar-refractivity contribution is 0.0729. The molecule has 2 aliphatic heterocycles. The van der Waals surface area contributed by atoms with E-state index in [1.165, 1.54) is 10.4 Å². The Hall–Kier alpha value is -2.62. The monoisotopic (exact) mass is 446 g/mol. The number of carbonyl (C=O) groups is 1. The quantitative estimate of drug-likeness (QED) is 0.677. The highest BCUT2D eigenvalue weighted by atomic mass is 32.2. The maximum atomic E-state index is 13.2. The normalized spacial score (nSPS) is 16.3. The van der Waals surface area contributed by atoms with Crippen LogP contribution < -0.4 is 9.47 Å². The van der Waals surface area contributed by atoms with Gasteiger partial charge in [-0.1, -0.05) is 19.1 Å². The molecule has 0 unspecified atom stereocenters. The second-order valence-corrected chi connectivity index (χ2v) is 9.45. The van der Waals surface area contributed by atoms with E-state index in [2.05, 4.69) is 0 Å². The van der Waals surface area contributed by atoms with Gasteiger partial charge < -0.3 is 19.1 Å². The molecule has 1 amide bonds. The highest BCUT2D eigenvalue weighted by Gasteiger charge is 2.29. The Balaban J connectivity index is 1.57. The molecule has 9 heteroatoms. The fourth-order valence-electron chi connectivity index (χ4n) is 3.75. The summed E-state index contributed by atoms with van der Waals surface area (Å²) in [6.45, 7) is 3.83. The molecule has 0 spiro atoms. The van der Waals surface area contributed by atoms with Gasteiger partial charge >= 0.3 is 0 Å². The van der Waals surface area contributed by atoms with Gasteiger partial charge in [0.05, 0.1) is 18.1 Å². The average Bonchev–Trinajstić information content (AvgIpc) is 3.26. The Morgan fingerprint density at radius 1 is 1.06 bits per heavy atom. The molecule has 0 aliphatic carbocycles. The largest absolute Gasteiger partial charge is 0.454 e. The molecule has 31 heavy (non-hydrogen) atoms. The molecule has 0 aromatic heterocycles. The zero-order valence-corrected chi connectivity index (χ0v) is 18.5. The van der Waals surface area contributed by atoms with E-state index in [0.717, 1.165) is 5.56 Å². The molecule has 4 rings (SSSR count). The number of sulfonamides is 1. The summed E-state index contributed by atoms with van der Waals surface area (Å²) in [5, 5.41) is 0. The van der Waals surface area contributed by atoms with Gasteiger partial charge in [0, 0.05) is 32.2 Å². The fraction of sp³-hybridized carbons (Fsp3) is 0.409. The van der Waals surface area contributed by atoms with Crippen molar-refractivity contribution in [1.82, 2.24) is 9.21 Å². The molecule has 2 aliphatic rings. The van der Waals surface area contributed by atoms with Crippen LogP contribution in [0.2, 0.25) is 0 Å². The van der Waals surface area contributed by atoms with E-state index in [1.807, 2.05) is 25.1 Å². The molecule has 0 atom stereocenters. The summed E-state index contributed by atoms with van der Waals surface area (Å²) in [5.74, 6) is 1.09. The van der Waals surface area contributed by atoms with E-state index in [9.17, 15) is 13.2 Å². The van der Waals surface area contributed by atoms with E-state index in [4.69, 9.17) is 14.2 Å². The first-order valence-corrected chi connectivity index (χ1v) is 11.7. The molecule has 2 aromatic carbocycles. The first-order chi connectivity index (χ1) is 14.9. The van der Waals surface area contributed by atoms with Crippen LogP contribution in [-0.4, -0.2) is 63.7 Å². The van der Waals surface area contributed by atoms with Crippen LogP contribution in [0, 0.1) is 0 Å². The summed E-state index contributed by atoms with van der Waals surface area (Å²) in [6.07, 6.45) is 0.556. The zero-order chi connectivity index (χ0) is 22.0. The van der Waals surface area contributed by atoms with Crippen LogP contribution in [0.5, 0.6) is 11.5 Å². The van der Waals surface area contributed by atoms with Gasteiger partial charge in [-0.3, -0.25) is 4.79 Å². The average molecular weight is 447 g/mol. The Morgan fingerprint density at radius 2 is 1.81 bits per heavy atom. The molecule has 8 nitrogen and oxygen atoms in total. The number of fused-ring (bicyclic) bond motifs is 1. The number of hydrogen-bond acceptors (Lipinski definition) is 6. The van der Waals surface area contributed by atoms with Crippen molar-refractivity contribution in [2.45, 2.75) is 24.8 Å². The Labute approximate surface area is 182 Å². The summed E-state index contributed by atoms with van der Waals surface area (Å²) < 4.78 is 43.9. The van der Waals surface area contributed by atoms with Gasteiger partial charge in [-0.15, -0.1) is 0 Å². The maximum Gasteiger partial charge on any atom is 0.253 e. The topological polar surface area (TPSA) is 85.4 Å². The lowest BCUT2D eigenvalue weighted by atomic mass is 10.1. The lowest BCUT2D eigenvalue weighted by Gasteiger charge is -2.27. The molecule has 1 fully saturated rings. The van der Waals surface area contributed by atoms with Crippen molar-refractivity contribution >= 4 is 15.9 Å².